The zero-order chi connectivity index (χ0) is 30.7. The summed E-state index contributed by atoms with van der Waals surface area (Å²) in [6.07, 6.45) is 6.75. The number of carbonyl (C=O) groups is 3. The molecule has 2 aromatic carbocycles. The molecule has 0 saturated heterocycles. The van der Waals surface area contributed by atoms with Gasteiger partial charge in [-0.1, -0.05) is 52.0 Å². The molecular weight excluding hydrogens is 599 g/mol. The molecule has 0 aliphatic rings. The number of hydrogen-bond donors (Lipinski definition) is 3. The fourth-order valence-electron chi connectivity index (χ4n) is 3.24. The van der Waals surface area contributed by atoms with E-state index in [9.17, 15) is 19.5 Å². The molecule has 0 aliphatic carbocycles. The summed E-state index contributed by atoms with van der Waals surface area (Å²) in [5, 5.41) is 10.2. The van der Waals surface area contributed by atoms with Crippen molar-refractivity contribution in [1.82, 2.24) is 0 Å². The third-order valence-electron chi connectivity index (χ3n) is 5.95. The Labute approximate surface area is 264 Å². The zero-order valence-corrected chi connectivity index (χ0v) is 26.6. The van der Waals surface area contributed by atoms with Gasteiger partial charge in [0.25, 0.3) is 0 Å². The van der Waals surface area contributed by atoms with Gasteiger partial charge in [-0.05, 0) is 59.4 Å². The van der Waals surface area contributed by atoms with Crippen molar-refractivity contribution < 1.29 is 38.4 Å². The Morgan fingerprint density at radius 1 is 0.698 bits per heavy atom. The quantitative estimate of drug-likeness (QED) is 0.0889. The molecule has 0 spiro atoms. The minimum Gasteiger partial charge on any atom is -0.508 e. The van der Waals surface area contributed by atoms with E-state index in [4.69, 9.17) is 30.4 Å². The number of ketones is 1. The highest BCUT2D eigenvalue weighted by atomic mass is 35.5. The Morgan fingerprint density at radius 3 is 1.47 bits per heavy atom. The van der Waals surface area contributed by atoms with Crippen molar-refractivity contribution in [3.63, 3.8) is 0 Å². The maximum Gasteiger partial charge on any atom is 0.328 e. The summed E-state index contributed by atoms with van der Waals surface area (Å²) in [6.45, 7) is 7.27. The van der Waals surface area contributed by atoms with Gasteiger partial charge in [0.1, 0.15) is 17.8 Å². The monoisotopic (exact) mass is 638 g/mol. The number of hydrogen-bond acceptors (Lipinski definition) is 10. The molecule has 10 nitrogen and oxygen atoms in total. The molecule has 0 saturated carbocycles. The summed E-state index contributed by atoms with van der Waals surface area (Å²) in [5.74, 6) is -1.04. The lowest BCUT2D eigenvalue weighted by Gasteiger charge is -2.16. The first-order chi connectivity index (χ1) is 19.4. The molecule has 0 amide bonds. The molecule has 0 bridgehead atoms. The first-order valence-corrected chi connectivity index (χ1v) is 13.0. The molecule has 2 rings (SSSR count). The van der Waals surface area contributed by atoms with E-state index in [1.54, 1.807) is 42.5 Å². The number of aliphatic hydroxyl groups excluding tert-OH is 1. The number of carbonyl (C=O) groups excluding carboxylic acids is 3. The van der Waals surface area contributed by atoms with Gasteiger partial charge in [0.15, 0.2) is 28.8 Å². The SMILES string of the molecule is COc1cc(/C=C/C(=O)/C=C(O)/C=C/c2ccc(OC(=O)C(N)C(C)C)c(OC)c2)ccc1OC(=O)C(N)C(C)C.Cl.Cl. The molecular formula is C31H40Cl2N2O8. The van der Waals surface area contributed by atoms with Gasteiger partial charge in [0, 0.05) is 6.08 Å². The number of ether oxygens (including phenoxy) is 4. The first-order valence-electron chi connectivity index (χ1n) is 13.0. The maximum absolute atomic E-state index is 12.3. The number of benzene rings is 2. The standard InChI is InChI=1S/C31H38N2O8.2ClH/c1-18(2)28(32)30(36)40-24-13-9-20(15-26(24)38-5)7-11-22(34)17-23(35)12-8-21-10-14-25(27(16-21)39-6)41-31(37)29(33)19(3)4;;/h7-19,28-29,34H,32-33H2,1-6H3;2*1H/b11-7+,12-8+,22-17-;;. The number of rotatable bonds is 13. The summed E-state index contributed by atoms with van der Waals surface area (Å²) < 4.78 is 21.3. The van der Waals surface area contributed by atoms with E-state index < -0.39 is 29.8 Å². The van der Waals surface area contributed by atoms with Crippen molar-refractivity contribution in [3.8, 4) is 23.0 Å². The van der Waals surface area contributed by atoms with Crippen molar-refractivity contribution in [2.45, 2.75) is 39.8 Å². The predicted octanol–water partition coefficient (Wildman–Crippen LogP) is 5.06. The van der Waals surface area contributed by atoms with E-state index in [2.05, 4.69) is 0 Å². The molecule has 43 heavy (non-hydrogen) atoms. The lowest BCUT2D eigenvalue weighted by Crippen LogP contribution is -2.38. The van der Waals surface area contributed by atoms with Crippen molar-refractivity contribution in [2.24, 2.45) is 23.3 Å². The second-order valence-electron chi connectivity index (χ2n) is 9.84. The third-order valence-corrected chi connectivity index (χ3v) is 5.95. The normalized spacial score (nSPS) is 12.8. The Bertz CT molecular complexity index is 1340. The van der Waals surface area contributed by atoms with E-state index in [0.717, 1.165) is 6.08 Å². The van der Waals surface area contributed by atoms with E-state index in [-0.39, 0.29) is 53.9 Å². The Morgan fingerprint density at radius 2 is 1.09 bits per heavy atom. The number of nitrogens with two attached hydrogens (primary N) is 2. The van der Waals surface area contributed by atoms with Crippen LogP contribution in [0.25, 0.3) is 12.2 Å². The summed E-state index contributed by atoms with van der Waals surface area (Å²) in [6, 6.07) is 8.06. The molecule has 2 unspecified atom stereocenters. The lowest BCUT2D eigenvalue weighted by atomic mass is 10.1. The molecule has 0 aromatic heterocycles. The van der Waals surface area contributed by atoms with Crippen LogP contribution < -0.4 is 30.4 Å². The smallest absolute Gasteiger partial charge is 0.328 e. The van der Waals surface area contributed by atoms with Crippen LogP contribution in [0, 0.1) is 11.8 Å². The number of esters is 2. The Balaban J connectivity index is 0.00000882. The summed E-state index contributed by atoms with van der Waals surface area (Å²) >= 11 is 0. The largest absolute Gasteiger partial charge is 0.508 e. The molecule has 5 N–H and O–H groups in total. The Kier molecular flexibility index (Phi) is 17.0. The van der Waals surface area contributed by atoms with Crippen LogP contribution in [0.1, 0.15) is 38.8 Å². The Hall–Kier alpha value is -3.83. The van der Waals surface area contributed by atoms with E-state index in [1.165, 1.54) is 32.4 Å². The van der Waals surface area contributed by atoms with E-state index in [1.807, 2.05) is 27.7 Å². The van der Waals surface area contributed by atoms with Gasteiger partial charge in [-0.2, -0.15) is 0 Å². The summed E-state index contributed by atoms with van der Waals surface area (Å²) in [7, 11) is 2.86. The van der Waals surface area contributed by atoms with Crippen LogP contribution in [-0.4, -0.2) is 49.1 Å². The maximum atomic E-state index is 12.3. The molecule has 0 radical (unpaired) electrons. The number of aliphatic hydroxyl groups is 1. The molecule has 2 atom stereocenters. The van der Waals surface area contributed by atoms with Crippen LogP contribution in [0.5, 0.6) is 23.0 Å². The highest BCUT2D eigenvalue weighted by Gasteiger charge is 2.22. The summed E-state index contributed by atoms with van der Waals surface area (Å²) in [5.41, 5.74) is 12.9. The number of allylic oxidation sites excluding steroid dienone is 3. The second kappa shape index (κ2) is 18.7. The van der Waals surface area contributed by atoms with Crippen LogP contribution in [0.15, 0.2) is 60.4 Å². The zero-order valence-electron chi connectivity index (χ0n) is 24.9. The topological polar surface area (TPSA) is 160 Å². The van der Waals surface area contributed by atoms with E-state index in [0.29, 0.717) is 22.6 Å². The van der Waals surface area contributed by atoms with Crippen molar-refractivity contribution >= 4 is 54.7 Å². The molecule has 2 aromatic rings. The minimum atomic E-state index is -0.773. The van der Waals surface area contributed by atoms with E-state index >= 15 is 0 Å². The van der Waals surface area contributed by atoms with Crippen LogP contribution >= 0.6 is 24.8 Å². The molecule has 0 fully saturated rings. The molecule has 0 aliphatic heterocycles. The van der Waals surface area contributed by atoms with Gasteiger partial charge >= 0.3 is 11.9 Å². The van der Waals surface area contributed by atoms with Gasteiger partial charge in [-0.25, -0.2) is 9.59 Å². The van der Waals surface area contributed by atoms with Crippen LogP contribution in [0.4, 0.5) is 0 Å². The van der Waals surface area contributed by atoms with Gasteiger partial charge in [0.2, 0.25) is 0 Å². The van der Waals surface area contributed by atoms with Gasteiger partial charge < -0.3 is 35.5 Å². The number of halogens is 2. The fourth-order valence-corrected chi connectivity index (χ4v) is 3.24. The highest BCUT2D eigenvalue weighted by Crippen LogP contribution is 2.30. The highest BCUT2D eigenvalue weighted by molar-refractivity contribution is 6.02. The van der Waals surface area contributed by atoms with Crippen molar-refractivity contribution in [3.05, 3.63) is 71.5 Å². The van der Waals surface area contributed by atoms with Crippen LogP contribution in [0.2, 0.25) is 0 Å². The third kappa shape index (κ3) is 12.1. The van der Waals surface area contributed by atoms with Crippen molar-refractivity contribution in [1.29, 1.82) is 0 Å². The molecule has 12 heteroatoms. The summed E-state index contributed by atoms with van der Waals surface area (Å²) in [4.78, 5) is 36.7. The van der Waals surface area contributed by atoms with Gasteiger partial charge in [0.05, 0.1) is 14.2 Å². The molecule has 0 heterocycles. The van der Waals surface area contributed by atoms with Crippen LogP contribution in [-0.2, 0) is 14.4 Å². The second-order valence-corrected chi connectivity index (χ2v) is 9.84. The van der Waals surface area contributed by atoms with Gasteiger partial charge in [-0.15, -0.1) is 24.8 Å². The van der Waals surface area contributed by atoms with Crippen LogP contribution in [0.3, 0.4) is 0 Å². The predicted molar refractivity (Wildman–Crippen MR) is 171 cm³/mol. The average Bonchev–Trinajstić information content (AvgIpc) is 2.94. The fraction of sp³-hybridized carbons (Fsp3) is 0.323. The minimum absolute atomic E-state index is 0. The van der Waals surface area contributed by atoms with Gasteiger partial charge in [-0.3, -0.25) is 4.79 Å². The first kappa shape index (κ1) is 39.2. The average molecular weight is 640 g/mol. The molecule has 236 valence electrons. The van der Waals surface area contributed by atoms with Crippen molar-refractivity contribution in [2.75, 3.05) is 14.2 Å². The number of methoxy groups -OCH3 is 2. The lowest BCUT2D eigenvalue weighted by molar-refractivity contribution is -0.137.